The van der Waals surface area contributed by atoms with Crippen molar-refractivity contribution in [2.75, 3.05) is 18.4 Å². The van der Waals surface area contributed by atoms with Gasteiger partial charge >= 0.3 is 0 Å². The summed E-state index contributed by atoms with van der Waals surface area (Å²) in [7, 11) is 0. The van der Waals surface area contributed by atoms with Gasteiger partial charge in [-0.25, -0.2) is 4.98 Å². The van der Waals surface area contributed by atoms with E-state index >= 15 is 0 Å². The highest BCUT2D eigenvalue weighted by Gasteiger charge is 2.19. The molecule has 1 aromatic heterocycles. The number of rotatable bonds is 5. The number of fused-ring (bicyclic) bond motifs is 1. The fourth-order valence-corrected chi connectivity index (χ4v) is 3.16. The maximum atomic E-state index is 11.6. The SMILES string of the molecule is NC(=O)c1cc2c(nc1NCC[C@H]1CCCN1)CCC2. The van der Waals surface area contributed by atoms with Crippen molar-refractivity contribution in [2.45, 2.75) is 44.6 Å². The molecule has 5 nitrogen and oxygen atoms in total. The van der Waals surface area contributed by atoms with Crippen LogP contribution >= 0.6 is 0 Å². The Morgan fingerprint density at radius 2 is 2.35 bits per heavy atom. The maximum Gasteiger partial charge on any atom is 0.252 e. The third-order valence-corrected chi connectivity index (χ3v) is 4.26. The van der Waals surface area contributed by atoms with Crippen LogP contribution in [0.15, 0.2) is 6.07 Å². The van der Waals surface area contributed by atoms with Crippen LogP contribution < -0.4 is 16.4 Å². The number of pyridine rings is 1. The predicted molar refractivity (Wildman–Crippen MR) is 78.9 cm³/mol. The molecule has 4 N–H and O–H groups in total. The average Bonchev–Trinajstić information content (AvgIpc) is 3.07. The van der Waals surface area contributed by atoms with E-state index in [9.17, 15) is 4.79 Å². The van der Waals surface area contributed by atoms with Crippen molar-refractivity contribution in [2.24, 2.45) is 5.73 Å². The highest BCUT2D eigenvalue weighted by molar-refractivity contribution is 5.97. The van der Waals surface area contributed by atoms with Crippen LogP contribution in [0.25, 0.3) is 0 Å². The lowest BCUT2D eigenvalue weighted by Gasteiger charge is -2.14. The molecule has 2 aliphatic rings. The number of nitrogens with zero attached hydrogens (tertiary/aromatic N) is 1. The molecular weight excluding hydrogens is 252 g/mol. The smallest absolute Gasteiger partial charge is 0.252 e. The summed E-state index contributed by atoms with van der Waals surface area (Å²) in [5.74, 6) is 0.268. The van der Waals surface area contributed by atoms with Crippen molar-refractivity contribution < 1.29 is 4.79 Å². The molecule has 3 rings (SSSR count). The highest BCUT2D eigenvalue weighted by atomic mass is 16.1. The Bertz CT molecular complexity index is 509. The lowest BCUT2D eigenvalue weighted by molar-refractivity contribution is 0.100. The molecular formula is C15H22N4O. The van der Waals surface area contributed by atoms with Gasteiger partial charge < -0.3 is 16.4 Å². The fraction of sp³-hybridized carbons (Fsp3) is 0.600. The Morgan fingerprint density at radius 1 is 1.45 bits per heavy atom. The first-order valence-electron chi connectivity index (χ1n) is 7.54. The van der Waals surface area contributed by atoms with Gasteiger partial charge in [0, 0.05) is 18.3 Å². The largest absolute Gasteiger partial charge is 0.369 e. The number of aryl methyl sites for hydroxylation is 2. The lowest BCUT2D eigenvalue weighted by Crippen LogP contribution is -2.25. The van der Waals surface area contributed by atoms with Gasteiger partial charge in [-0.05, 0) is 56.7 Å². The predicted octanol–water partition coefficient (Wildman–Crippen LogP) is 1.22. The fourth-order valence-electron chi connectivity index (χ4n) is 3.16. The van der Waals surface area contributed by atoms with Gasteiger partial charge in [0.05, 0.1) is 5.56 Å². The van der Waals surface area contributed by atoms with Crippen LogP contribution in [-0.2, 0) is 12.8 Å². The van der Waals surface area contributed by atoms with Gasteiger partial charge in [0.1, 0.15) is 5.82 Å². The van der Waals surface area contributed by atoms with Crippen LogP contribution in [0.5, 0.6) is 0 Å². The lowest BCUT2D eigenvalue weighted by atomic mass is 10.1. The van der Waals surface area contributed by atoms with Crippen molar-refractivity contribution in [3.05, 3.63) is 22.9 Å². The van der Waals surface area contributed by atoms with Crippen LogP contribution in [0.2, 0.25) is 0 Å². The average molecular weight is 274 g/mol. The number of nitrogens with one attached hydrogen (secondary N) is 2. The van der Waals surface area contributed by atoms with Crippen molar-refractivity contribution >= 4 is 11.7 Å². The minimum Gasteiger partial charge on any atom is -0.369 e. The van der Waals surface area contributed by atoms with Crippen LogP contribution in [0, 0.1) is 0 Å². The van der Waals surface area contributed by atoms with Crippen molar-refractivity contribution in [3.8, 4) is 0 Å². The summed E-state index contributed by atoms with van der Waals surface area (Å²) >= 11 is 0. The van der Waals surface area contributed by atoms with E-state index < -0.39 is 5.91 Å². The normalized spacial score (nSPS) is 20.9. The number of hydrogen-bond donors (Lipinski definition) is 3. The Kier molecular flexibility index (Phi) is 3.87. The minimum atomic E-state index is -0.395. The van der Waals surface area contributed by atoms with E-state index in [1.807, 2.05) is 6.07 Å². The molecule has 1 amide bonds. The Hall–Kier alpha value is -1.62. The number of hydrogen-bond acceptors (Lipinski definition) is 4. The van der Waals surface area contributed by atoms with Crippen LogP contribution in [-0.4, -0.2) is 30.0 Å². The van der Waals surface area contributed by atoms with Gasteiger partial charge in [0.2, 0.25) is 0 Å². The molecule has 108 valence electrons. The number of aromatic nitrogens is 1. The minimum absolute atomic E-state index is 0.395. The van der Waals surface area contributed by atoms with E-state index in [1.165, 1.54) is 18.4 Å². The zero-order valence-electron chi connectivity index (χ0n) is 11.7. The molecule has 5 heteroatoms. The van der Waals surface area contributed by atoms with Gasteiger partial charge in [-0.2, -0.15) is 0 Å². The Balaban J connectivity index is 1.69. The molecule has 20 heavy (non-hydrogen) atoms. The zero-order chi connectivity index (χ0) is 13.9. The summed E-state index contributed by atoms with van der Waals surface area (Å²) in [6.07, 6.45) is 6.69. The van der Waals surface area contributed by atoms with Crippen molar-refractivity contribution in [3.63, 3.8) is 0 Å². The van der Waals surface area contributed by atoms with Gasteiger partial charge in [-0.15, -0.1) is 0 Å². The third-order valence-electron chi connectivity index (χ3n) is 4.26. The summed E-state index contributed by atoms with van der Waals surface area (Å²) in [6, 6.07) is 2.52. The van der Waals surface area contributed by atoms with E-state index in [0.717, 1.165) is 44.5 Å². The number of carbonyl (C=O) groups excluding carboxylic acids is 1. The second-order valence-corrected chi connectivity index (χ2v) is 5.72. The van der Waals surface area contributed by atoms with Gasteiger partial charge in [-0.3, -0.25) is 4.79 Å². The standard InChI is InChI=1S/C15H22N4O/c16-14(20)12-9-10-3-1-5-13(10)19-15(12)18-8-6-11-4-2-7-17-11/h9,11,17H,1-8H2,(H2,16,20)(H,18,19)/t11-/m1/s1. The second kappa shape index (κ2) is 5.79. The quantitative estimate of drug-likeness (QED) is 0.754. The first kappa shape index (κ1) is 13.4. The molecule has 1 fully saturated rings. The van der Waals surface area contributed by atoms with Gasteiger partial charge in [-0.1, -0.05) is 0 Å². The van der Waals surface area contributed by atoms with E-state index in [-0.39, 0.29) is 0 Å². The van der Waals surface area contributed by atoms with Gasteiger partial charge in [0.25, 0.3) is 5.91 Å². The second-order valence-electron chi connectivity index (χ2n) is 5.72. The van der Waals surface area contributed by atoms with Crippen LogP contribution in [0.4, 0.5) is 5.82 Å². The molecule has 2 heterocycles. The van der Waals surface area contributed by atoms with E-state index in [4.69, 9.17) is 5.73 Å². The highest BCUT2D eigenvalue weighted by Crippen LogP contribution is 2.25. The van der Waals surface area contributed by atoms with E-state index in [0.29, 0.717) is 17.4 Å². The topological polar surface area (TPSA) is 80.0 Å². The van der Waals surface area contributed by atoms with Crippen LogP contribution in [0.3, 0.4) is 0 Å². The Morgan fingerprint density at radius 3 is 3.10 bits per heavy atom. The monoisotopic (exact) mass is 274 g/mol. The summed E-state index contributed by atoms with van der Waals surface area (Å²) in [4.78, 5) is 16.2. The number of anilines is 1. The first-order valence-corrected chi connectivity index (χ1v) is 7.54. The molecule has 1 atom stereocenters. The summed E-state index contributed by atoms with van der Waals surface area (Å²) in [6.45, 7) is 1.94. The number of carbonyl (C=O) groups is 1. The molecule has 1 saturated heterocycles. The molecule has 0 spiro atoms. The first-order chi connectivity index (χ1) is 9.74. The summed E-state index contributed by atoms with van der Waals surface area (Å²) < 4.78 is 0. The summed E-state index contributed by atoms with van der Waals surface area (Å²) in [5, 5.41) is 6.77. The molecule has 1 aromatic rings. The molecule has 1 aliphatic carbocycles. The molecule has 0 unspecified atom stereocenters. The van der Waals surface area contributed by atoms with E-state index in [2.05, 4.69) is 15.6 Å². The maximum absolute atomic E-state index is 11.6. The van der Waals surface area contributed by atoms with Crippen LogP contribution in [0.1, 0.15) is 47.3 Å². The Labute approximate surface area is 119 Å². The molecule has 0 bridgehead atoms. The zero-order valence-corrected chi connectivity index (χ0v) is 11.7. The molecule has 0 radical (unpaired) electrons. The number of primary amides is 1. The van der Waals surface area contributed by atoms with Crippen molar-refractivity contribution in [1.82, 2.24) is 10.3 Å². The number of nitrogens with two attached hydrogens (primary N) is 1. The summed E-state index contributed by atoms with van der Waals surface area (Å²) in [5.41, 5.74) is 8.31. The molecule has 1 aliphatic heterocycles. The van der Waals surface area contributed by atoms with Gasteiger partial charge in [0.15, 0.2) is 0 Å². The molecule has 0 aromatic carbocycles. The molecule has 0 saturated carbocycles. The third kappa shape index (κ3) is 2.77. The number of amides is 1. The van der Waals surface area contributed by atoms with Crippen molar-refractivity contribution in [1.29, 1.82) is 0 Å². The van der Waals surface area contributed by atoms with E-state index in [1.54, 1.807) is 0 Å².